The molecule has 0 atom stereocenters. The van der Waals surface area contributed by atoms with Crippen molar-refractivity contribution in [2.45, 2.75) is 6.92 Å². The third kappa shape index (κ3) is 3.01. The molecular weight excluding hydrogens is 344 g/mol. The Hall–Kier alpha value is -1.00. The van der Waals surface area contributed by atoms with Gasteiger partial charge in [0.1, 0.15) is 0 Å². The van der Waals surface area contributed by atoms with Crippen LogP contribution in [0.1, 0.15) is 5.56 Å². The van der Waals surface area contributed by atoms with Crippen molar-refractivity contribution in [2.75, 3.05) is 11.1 Å². The highest BCUT2D eigenvalue weighted by Gasteiger charge is 2.02. The van der Waals surface area contributed by atoms with Gasteiger partial charge >= 0.3 is 0 Å². The third-order valence-corrected chi connectivity index (χ3v) is 3.67. The smallest absolute Gasteiger partial charge is 0.0539 e. The summed E-state index contributed by atoms with van der Waals surface area (Å²) in [6, 6.07) is 11.9. The SMILES string of the molecule is Cc1ccc(Nc2cc(Br)ccc2Br)cc1N. The molecule has 4 heteroatoms. The highest BCUT2D eigenvalue weighted by atomic mass is 79.9. The lowest BCUT2D eigenvalue weighted by Crippen LogP contribution is -1.95. The summed E-state index contributed by atoms with van der Waals surface area (Å²) in [6.07, 6.45) is 0. The van der Waals surface area contributed by atoms with Crippen LogP contribution in [0.3, 0.4) is 0 Å². The minimum Gasteiger partial charge on any atom is -0.398 e. The Morgan fingerprint density at radius 2 is 1.82 bits per heavy atom. The second kappa shape index (κ2) is 5.10. The number of hydrogen-bond acceptors (Lipinski definition) is 2. The van der Waals surface area contributed by atoms with E-state index < -0.39 is 0 Å². The summed E-state index contributed by atoms with van der Waals surface area (Å²) in [7, 11) is 0. The van der Waals surface area contributed by atoms with Gasteiger partial charge in [-0.25, -0.2) is 0 Å². The van der Waals surface area contributed by atoms with Crippen molar-refractivity contribution in [3.05, 3.63) is 50.9 Å². The maximum atomic E-state index is 5.88. The standard InChI is InChI=1S/C13H12Br2N2/c1-8-2-4-10(7-12(8)16)17-13-6-9(14)3-5-11(13)15/h2-7,17H,16H2,1H3. The second-order valence-electron chi connectivity index (χ2n) is 3.82. The van der Waals surface area contributed by atoms with E-state index in [4.69, 9.17) is 5.73 Å². The van der Waals surface area contributed by atoms with Crippen molar-refractivity contribution in [2.24, 2.45) is 0 Å². The molecule has 0 amide bonds. The molecule has 2 rings (SSSR count). The lowest BCUT2D eigenvalue weighted by Gasteiger charge is -2.10. The molecule has 0 heterocycles. The Morgan fingerprint density at radius 3 is 2.53 bits per heavy atom. The number of hydrogen-bond donors (Lipinski definition) is 2. The normalized spacial score (nSPS) is 10.3. The Balaban J connectivity index is 2.31. The quantitative estimate of drug-likeness (QED) is 0.756. The minimum atomic E-state index is 0.793. The van der Waals surface area contributed by atoms with Gasteiger partial charge in [-0.15, -0.1) is 0 Å². The molecule has 0 fully saturated rings. The van der Waals surface area contributed by atoms with Gasteiger partial charge in [0, 0.05) is 20.3 Å². The Kier molecular flexibility index (Phi) is 3.74. The van der Waals surface area contributed by atoms with Gasteiger partial charge < -0.3 is 11.1 Å². The number of rotatable bonds is 2. The summed E-state index contributed by atoms with van der Waals surface area (Å²) in [6.45, 7) is 1.99. The van der Waals surface area contributed by atoms with Gasteiger partial charge in [-0.2, -0.15) is 0 Å². The van der Waals surface area contributed by atoms with Crippen molar-refractivity contribution >= 4 is 48.9 Å². The van der Waals surface area contributed by atoms with E-state index in [1.165, 1.54) is 0 Å². The fourth-order valence-corrected chi connectivity index (χ4v) is 2.17. The van der Waals surface area contributed by atoms with Crippen LogP contribution in [0.25, 0.3) is 0 Å². The molecule has 0 saturated heterocycles. The molecule has 0 unspecified atom stereocenters. The van der Waals surface area contributed by atoms with Crippen LogP contribution < -0.4 is 11.1 Å². The van der Waals surface area contributed by atoms with Gasteiger partial charge in [-0.1, -0.05) is 22.0 Å². The molecule has 0 aliphatic rings. The number of aryl methyl sites for hydroxylation is 1. The second-order valence-corrected chi connectivity index (χ2v) is 5.59. The zero-order chi connectivity index (χ0) is 12.4. The maximum Gasteiger partial charge on any atom is 0.0539 e. The molecule has 0 bridgehead atoms. The van der Waals surface area contributed by atoms with E-state index in [1.54, 1.807) is 0 Å². The largest absolute Gasteiger partial charge is 0.398 e. The van der Waals surface area contributed by atoms with Crippen LogP contribution >= 0.6 is 31.9 Å². The minimum absolute atomic E-state index is 0.793. The van der Waals surface area contributed by atoms with E-state index in [9.17, 15) is 0 Å². The van der Waals surface area contributed by atoms with Gasteiger partial charge in [0.15, 0.2) is 0 Å². The molecule has 17 heavy (non-hydrogen) atoms. The number of anilines is 3. The zero-order valence-corrected chi connectivity index (χ0v) is 12.5. The molecule has 2 nitrogen and oxygen atoms in total. The number of benzene rings is 2. The molecular formula is C13H12Br2N2. The van der Waals surface area contributed by atoms with Gasteiger partial charge in [-0.05, 0) is 58.7 Å². The third-order valence-electron chi connectivity index (χ3n) is 2.49. The van der Waals surface area contributed by atoms with E-state index in [1.807, 2.05) is 43.3 Å². The maximum absolute atomic E-state index is 5.88. The van der Waals surface area contributed by atoms with Crippen molar-refractivity contribution in [3.8, 4) is 0 Å². The van der Waals surface area contributed by atoms with E-state index in [-0.39, 0.29) is 0 Å². The number of nitrogen functional groups attached to an aromatic ring is 1. The topological polar surface area (TPSA) is 38.0 Å². The fourth-order valence-electron chi connectivity index (χ4n) is 1.47. The van der Waals surface area contributed by atoms with Crippen LogP contribution in [0.4, 0.5) is 17.1 Å². The van der Waals surface area contributed by atoms with Crippen LogP contribution in [0.2, 0.25) is 0 Å². The van der Waals surface area contributed by atoms with Crippen LogP contribution in [0, 0.1) is 6.92 Å². The van der Waals surface area contributed by atoms with Gasteiger partial charge in [0.2, 0.25) is 0 Å². The van der Waals surface area contributed by atoms with Crippen molar-refractivity contribution in [1.82, 2.24) is 0 Å². The average molecular weight is 356 g/mol. The molecule has 3 N–H and O–H groups in total. The predicted molar refractivity (Wildman–Crippen MR) is 80.7 cm³/mol. The van der Waals surface area contributed by atoms with Gasteiger partial charge in [-0.3, -0.25) is 0 Å². The molecule has 2 aromatic carbocycles. The fraction of sp³-hybridized carbons (Fsp3) is 0.0769. The molecule has 0 saturated carbocycles. The summed E-state index contributed by atoms with van der Waals surface area (Å²) >= 11 is 6.96. The van der Waals surface area contributed by atoms with Crippen molar-refractivity contribution in [1.29, 1.82) is 0 Å². The van der Waals surface area contributed by atoms with Crippen LogP contribution in [-0.4, -0.2) is 0 Å². The molecule has 0 aliphatic heterocycles. The lowest BCUT2D eigenvalue weighted by molar-refractivity contribution is 1.44. The summed E-state index contributed by atoms with van der Waals surface area (Å²) in [4.78, 5) is 0. The Morgan fingerprint density at radius 1 is 1.06 bits per heavy atom. The lowest BCUT2D eigenvalue weighted by atomic mass is 10.2. The molecule has 0 spiro atoms. The highest BCUT2D eigenvalue weighted by molar-refractivity contribution is 9.11. The summed E-state index contributed by atoms with van der Waals surface area (Å²) in [5.41, 5.74) is 9.74. The average Bonchev–Trinajstić information content (AvgIpc) is 2.29. The van der Waals surface area contributed by atoms with E-state index in [2.05, 4.69) is 37.2 Å². The van der Waals surface area contributed by atoms with Crippen molar-refractivity contribution < 1.29 is 0 Å². The monoisotopic (exact) mass is 354 g/mol. The van der Waals surface area contributed by atoms with Crippen LogP contribution in [0.5, 0.6) is 0 Å². The highest BCUT2D eigenvalue weighted by Crippen LogP contribution is 2.29. The first kappa shape index (κ1) is 12.5. The Bertz CT molecular complexity index is 553. The number of nitrogens with two attached hydrogens (primary N) is 1. The van der Waals surface area contributed by atoms with E-state index in [0.717, 1.165) is 31.6 Å². The summed E-state index contributed by atoms with van der Waals surface area (Å²) < 4.78 is 2.04. The predicted octanol–water partition coefficient (Wildman–Crippen LogP) is 4.85. The molecule has 88 valence electrons. The first-order valence-corrected chi connectivity index (χ1v) is 6.73. The van der Waals surface area contributed by atoms with Crippen LogP contribution in [0.15, 0.2) is 45.3 Å². The summed E-state index contributed by atoms with van der Waals surface area (Å²) in [5.74, 6) is 0. The number of nitrogens with one attached hydrogen (secondary N) is 1. The zero-order valence-electron chi connectivity index (χ0n) is 9.30. The summed E-state index contributed by atoms with van der Waals surface area (Å²) in [5, 5.41) is 3.32. The van der Waals surface area contributed by atoms with Gasteiger partial charge in [0.25, 0.3) is 0 Å². The van der Waals surface area contributed by atoms with Crippen molar-refractivity contribution in [3.63, 3.8) is 0 Å². The van der Waals surface area contributed by atoms with E-state index in [0.29, 0.717) is 0 Å². The van der Waals surface area contributed by atoms with Crippen LogP contribution in [-0.2, 0) is 0 Å². The molecule has 0 radical (unpaired) electrons. The van der Waals surface area contributed by atoms with Gasteiger partial charge in [0.05, 0.1) is 5.69 Å². The first-order chi connectivity index (χ1) is 8.06. The Labute approximate surface area is 117 Å². The molecule has 2 aromatic rings. The number of halogens is 2. The van der Waals surface area contributed by atoms with E-state index >= 15 is 0 Å². The first-order valence-electron chi connectivity index (χ1n) is 5.14. The molecule has 0 aliphatic carbocycles. The molecule has 0 aromatic heterocycles.